The van der Waals surface area contributed by atoms with E-state index in [4.69, 9.17) is 16.3 Å². The van der Waals surface area contributed by atoms with Crippen LogP contribution in [0.3, 0.4) is 0 Å². The number of halogens is 1. The zero-order chi connectivity index (χ0) is 24.2. The molecule has 1 atom stereocenters. The molecule has 3 aromatic rings. The zero-order valence-electron chi connectivity index (χ0n) is 18.5. The van der Waals surface area contributed by atoms with E-state index in [-0.39, 0.29) is 12.3 Å². The van der Waals surface area contributed by atoms with Crippen LogP contribution in [0.15, 0.2) is 65.0 Å². The molecule has 34 heavy (non-hydrogen) atoms. The third kappa shape index (κ3) is 4.92. The minimum atomic E-state index is -0.649. The summed E-state index contributed by atoms with van der Waals surface area (Å²) in [6, 6.07) is 13.0. The van der Waals surface area contributed by atoms with Crippen molar-refractivity contribution in [2.24, 2.45) is 0 Å². The van der Waals surface area contributed by atoms with Gasteiger partial charge in [0.05, 0.1) is 17.1 Å². The average molecular weight is 500 g/mol. The monoisotopic (exact) mass is 499 g/mol. The molecule has 1 aliphatic rings. The van der Waals surface area contributed by atoms with E-state index in [9.17, 15) is 14.9 Å². The number of nitrogens with zero attached hydrogens (tertiary/aromatic N) is 4. The number of benzene rings is 2. The van der Waals surface area contributed by atoms with Crippen LogP contribution in [0.2, 0.25) is 5.02 Å². The van der Waals surface area contributed by atoms with Gasteiger partial charge in [-0.2, -0.15) is 4.98 Å². The van der Waals surface area contributed by atoms with Crippen LogP contribution in [-0.2, 0) is 15.3 Å². The maximum absolute atomic E-state index is 13.0. The number of allylic oxidation sites excluding steroid dienone is 1. The van der Waals surface area contributed by atoms with Gasteiger partial charge in [0.1, 0.15) is 6.04 Å². The number of nitro benzene ring substituents is 1. The van der Waals surface area contributed by atoms with Crippen molar-refractivity contribution in [2.45, 2.75) is 37.2 Å². The molecule has 2 heterocycles. The third-order valence-corrected chi connectivity index (χ3v) is 6.48. The van der Waals surface area contributed by atoms with Crippen molar-refractivity contribution in [1.82, 2.24) is 14.8 Å². The van der Waals surface area contributed by atoms with Crippen molar-refractivity contribution >= 4 is 41.0 Å². The van der Waals surface area contributed by atoms with Crippen molar-refractivity contribution in [3.63, 3.8) is 0 Å². The number of esters is 1. The van der Waals surface area contributed by atoms with Crippen molar-refractivity contribution in [3.8, 4) is 0 Å². The number of anilines is 1. The Hall–Kier alpha value is -3.37. The molecule has 1 aliphatic heterocycles. The number of fused-ring (bicyclic) bond motifs is 1. The van der Waals surface area contributed by atoms with E-state index >= 15 is 0 Å². The van der Waals surface area contributed by atoms with Gasteiger partial charge in [0.15, 0.2) is 0 Å². The highest BCUT2D eigenvalue weighted by molar-refractivity contribution is 7.98. The van der Waals surface area contributed by atoms with Crippen LogP contribution in [0.5, 0.6) is 0 Å². The number of carbonyl (C=O) groups excluding carboxylic acids is 1. The predicted octanol–water partition coefficient (Wildman–Crippen LogP) is 5.37. The van der Waals surface area contributed by atoms with Gasteiger partial charge in [0.2, 0.25) is 11.1 Å². The summed E-state index contributed by atoms with van der Waals surface area (Å²) in [4.78, 5) is 28.2. The molecule has 1 unspecified atom stereocenters. The quantitative estimate of drug-likeness (QED) is 0.190. The van der Waals surface area contributed by atoms with Gasteiger partial charge >= 0.3 is 5.97 Å². The summed E-state index contributed by atoms with van der Waals surface area (Å²) in [7, 11) is 0. The summed E-state index contributed by atoms with van der Waals surface area (Å²) < 4.78 is 7.05. The summed E-state index contributed by atoms with van der Waals surface area (Å²) in [5, 5.41) is 20.1. The lowest BCUT2D eigenvalue weighted by molar-refractivity contribution is -0.384. The minimum absolute atomic E-state index is 0.0386. The van der Waals surface area contributed by atoms with Crippen LogP contribution in [0.4, 0.5) is 11.6 Å². The Morgan fingerprint density at radius 2 is 2.00 bits per heavy atom. The number of thioether (sulfide) groups is 1. The number of nitrogens with one attached hydrogen (secondary N) is 1. The largest absolute Gasteiger partial charge is 0.462 e. The van der Waals surface area contributed by atoms with E-state index < -0.39 is 16.9 Å². The summed E-state index contributed by atoms with van der Waals surface area (Å²) in [5.74, 6) is 0.569. The summed E-state index contributed by atoms with van der Waals surface area (Å²) >= 11 is 7.68. The van der Waals surface area contributed by atoms with Crippen LogP contribution in [0.25, 0.3) is 0 Å². The van der Waals surface area contributed by atoms with Gasteiger partial charge in [-0.1, -0.05) is 48.5 Å². The lowest BCUT2D eigenvalue weighted by atomic mass is 9.95. The molecular weight excluding hydrogens is 478 g/mol. The Morgan fingerprint density at radius 1 is 1.26 bits per heavy atom. The molecule has 2 aromatic carbocycles. The van der Waals surface area contributed by atoms with Gasteiger partial charge in [-0.05, 0) is 42.7 Å². The maximum Gasteiger partial charge on any atom is 0.338 e. The number of hydrogen-bond acceptors (Lipinski definition) is 8. The van der Waals surface area contributed by atoms with E-state index in [2.05, 4.69) is 15.4 Å². The van der Waals surface area contributed by atoms with Gasteiger partial charge in [-0.3, -0.25) is 10.1 Å². The molecule has 0 amide bonds. The molecular formula is C23H22ClN5O4S. The standard InChI is InChI=1S/C23H22ClN5O4S/c1-3-12-33-21(30)19-14(2)25-22-26-23(34-13-16-6-4-5-7-18(16)24)27-28(22)20(19)15-8-10-17(11-9-15)29(31)32/h4-11,20H,3,12-13H2,1-2H3,(H,25,26,27). The van der Waals surface area contributed by atoms with Crippen LogP contribution in [-0.4, -0.2) is 32.3 Å². The van der Waals surface area contributed by atoms with Crippen LogP contribution in [0.1, 0.15) is 37.4 Å². The summed E-state index contributed by atoms with van der Waals surface area (Å²) in [6.45, 7) is 3.97. The van der Waals surface area contributed by atoms with E-state index in [0.29, 0.717) is 45.1 Å². The Balaban J connectivity index is 1.70. The summed E-state index contributed by atoms with van der Waals surface area (Å²) in [6.07, 6.45) is 0.686. The molecule has 0 aliphatic carbocycles. The molecule has 9 nitrogen and oxygen atoms in total. The molecule has 0 saturated carbocycles. The highest BCUT2D eigenvalue weighted by Gasteiger charge is 2.35. The zero-order valence-corrected chi connectivity index (χ0v) is 20.1. The van der Waals surface area contributed by atoms with Crippen molar-refractivity contribution in [3.05, 3.63) is 86.1 Å². The maximum atomic E-state index is 13.0. The van der Waals surface area contributed by atoms with E-state index in [1.54, 1.807) is 23.7 Å². The van der Waals surface area contributed by atoms with E-state index in [1.807, 2.05) is 31.2 Å². The molecule has 11 heteroatoms. The normalized spacial score (nSPS) is 15.0. The molecule has 1 aromatic heterocycles. The highest BCUT2D eigenvalue weighted by Crippen LogP contribution is 2.37. The van der Waals surface area contributed by atoms with E-state index in [0.717, 1.165) is 5.56 Å². The number of ether oxygens (including phenoxy) is 1. The first-order valence-electron chi connectivity index (χ1n) is 10.6. The Morgan fingerprint density at radius 3 is 2.68 bits per heavy atom. The SMILES string of the molecule is CCCOC(=O)C1=C(C)Nc2nc(SCc3ccccc3Cl)nn2C1c1ccc([N+](=O)[O-])cc1. The van der Waals surface area contributed by atoms with Crippen LogP contribution < -0.4 is 5.32 Å². The van der Waals surface area contributed by atoms with Crippen molar-refractivity contribution < 1.29 is 14.5 Å². The first-order valence-corrected chi connectivity index (χ1v) is 12.0. The molecule has 1 N–H and O–H groups in total. The number of carbonyl (C=O) groups is 1. The lowest BCUT2D eigenvalue weighted by Crippen LogP contribution is -2.29. The van der Waals surface area contributed by atoms with Gasteiger partial charge in [0, 0.05) is 28.6 Å². The Labute approximate surface area is 205 Å². The fourth-order valence-corrected chi connectivity index (χ4v) is 4.69. The fourth-order valence-electron chi connectivity index (χ4n) is 3.57. The molecule has 0 radical (unpaired) electrons. The number of nitro groups is 1. The number of hydrogen-bond donors (Lipinski definition) is 1. The molecule has 0 bridgehead atoms. The Bertz CT molecular complexity index is 1260. The second-order valence-electron chi connectivity index (χ2n) is 7.59. The lowest BCUT2D eigenvalue weighted by Gasteiger charge is -2.28. The first-order chi connectivity index (χ1) is 16.4. The smallest absolute Gasteiger partial charge is 0.338 e. The highest BCUT2D eigenvalue weighted by atomic mass is 35.5. The molecule has 4 rings (SSSR count). The van der Waals surface area contributed by atoms with Gasteiger partial charge in [-0.15, -0.1) is 5.10 Å². The minimum Gasteiger partial charge on any atom is -0.462 e. The fraction of sp³-hybridized carbons (Fsp3) is 0.261. The second-order valence-corrected chi connectivity index (χ2v) is 8.94. The van der Waals surface area contributed by atoms with Gasteiger partial charge < -0.3 is 10.1 Å². The van der Waals surface area contributed by atoms with Gasteiger partial charge in [-0.25, -0.2) is 9.48 Å². The van der Waals surface area contributed by atoms with E-state index in [1.165, 1.54) is 23.9 Å². The predicted molar refractivity (Wildman–Crippen MR) is 130 cm³/mol. The van der Waals surface area contributed by atoms with Crippen molar-refractivity contribution in [2.75, 3.05) is 11.9 Å². The van der Waals surface area contributed by atoms with Crippen molar-refractivity contribution in [1.29, 1.82) is 0 Å². The molecule has 176 valence electrons. The number of aromatic nitrogens is 3. The first kappa shape index (κ1) is 23.8. The molecule has 0 fully saturated rings. The molecule has 0 spiro atoms. The Kier molecular flexibility index (Phi) is 7.18. The van der Waals surface area contributed by atoms with Crippen LogP contribution >= 0.6 is 23.4 Å². The average Bonchev–Trinajstić information content (AvgIpc) is 3.23. The van der Waals surface area contributed by atoms with Crippen LogP contribution in [0, 0.1) is 10.1 Å². The topological polar surface area (TPSA) is 112 Å². The summed E-state index contributed by atoms with van der Waals surface area (Å²) in [5.41, 5.74) is 2.54. The van der Waals surface area contributed by atoms with Gasteiger partial charge in [0.25, 0.3) is 5.69 Å². The third-order valence-electron chi connectivity index (χ3n) is 5.22. The number of rotatable bonds is 8. The second kappa shape index (κ2) is 10.3. The molecule has 0 saturated heterocycles. The number of non-ortho nitro benzene ring substituents is 1.